The van der Waals surface area contributed by atoms with Crippen molar-refractivity contribution in [2.75, 3.05) is 16.8 Å². The average molecular weight is 316 g/mol. The molecular weight excluding hydrogens is 300 g/mol. The largest absolute Gasteiger partial charge is 0.324 e. The Hall–Kier alpha value is -3.21. The van der Waals surface area contributed by atoms with Gasteiger partial charge in [-0.15, -0.1) is 10.2 Å². The first-order valence-corrected chi connectivity index (χ1v) is 7.87. The van der Waals surface area contributed by atoms with Crippen LogP contribution in [0.25, 0.3) is 0 Å². The van der Waals surface area contributed by atoms with Gasteiger partial charge in [0.25, 0.3) is 5.91 Å². The molecule has 5 heteroatoms. The van der Waals surface area contributed by atoms with E-state index in [0.717, 1.165) is 18.8 Å². The highest BCUT2D eigenvalue weighted by Gasteiger charge is 2.21. The van der Waals surface area contributed by atoms with E-state index < -0.39 is 0 Å². The van der Waals surface area contributed by atoms with Crippen molar-refractivity contribution in [1.29, 1.82) is 0 Å². The number of carbonyl (C=O) groups excluding carboxylic acids is 1. The number of rotatable bonds is 3. The Balaban J connectivity index is 1.51. The highest BCUT2D eigenvalue weighted by atomic mass is 16.1. The Morgan fingerprint density at radius 1 is 0.917 bits per heavy atom. The highest BCUT2D eigenvalue weighted by Crippen LogP contribution is 2.32. The number of fused-ring (bicyclic) bond motifs is 1. The zero-order chi connectivity index (χ0) is 16.4. The van der Waals surface area contributed by atoms with Crippen molar-refractivity contribution in [1.82, 2.24) is 10.2 Å². The summed E-state index contributed by atoms with van der Waals surface area (Å²) in [6, 6.07) is 21.0. The minimum absolute atomic E-state index is 0.191. The summed E-state index contributed by atoms with van der Waals surface area (Å²) in [7, 11) is 0. The summed E-state index contributed by atoms with van der Waals surface area (Å²) in [6.45, 7) is 0.893. The van der Waals surface area contributed by atoms with Crippen LogP contribution in [-0.4, -0.2) is 22.6 Å². The van der Waals surface area contributed by atoms with Crippen LogP contribution in [0.2, 0.25) is 0 Å². The van der Waals surface area contributed by atoms with Gasteiger partial charge in [0, 0.05) is 17.8 Å². The van der Waals surface area contributed by atoms with Crippen molar-refractivity contribution in [2.45, 2.75) is 6.42 Å². The summed E-state index contributed by atoms with van der Waals surface area (Å²) in [5.74, 6) is 1.04. The van der Waals surface area contributed by atoms with Crippen molar-refractivity contribution in [3.05, 3.63) is 77.9 Å². The van der Waals surface area contributed by atoms with Crippen molar-refractivity contribution in [3.8, 4) is 0 Å². The van der Waals surface area contributed by atoms with Crippen molar-refractivity contribution >= 4 is 23.2 Å². The predicted molar refractivity (Wildman–Crippen MR) is 93.6 cm³/mol. The molecule has 118 valence electrons. The molecule has 0 fully saturated rings. The van der Waals surface area contributed by atoms with Gasteiger partial charge in [-0.2, -0.15) is 0 Å². The molecule has 0 saturated carbocycles. The first-order valence-electron chi connectivity index (χ1n) is 7.87. The van der Waals surface area contributed by atoms with E-state index in [1.165, 1.54) is 11.3 Å². The average Bonchev–Trinajstić information content (AvgIpc) is 3.07. The summed E-state index contributed by atoms with van der Waals surface area (Å²) < 4.78 is 0. The third kappa shape index (κ3) is 2.72. The van der Waals surface area contributed by atoms with Crippen LogP contribution >= 0.6 is 0 Å². The second kappa shape index (κ2) is 6.12. The number of aromatic nitrogens is 2. The quantitative estimate of drug-likeness (QED) is 0.804. The molecule has 0 unspecified atom stereocenters. The number of carbonyl (C=O) groups is 1. The molecule has 0 aliphatic carbocycles. The van der Waals surface area contributed by atoms with E-state index in [9.17, 15) is 4.79 Å². The number of hydrogen-bond acceptors (Lipinski definition) is 4. The summed E-state index contributed by atoms with van der Waals surface area (Å²) in [4.78, 5) is 14.3. The van der Waals surface area contributed by atoms with E-state index in [2.05, 4.69) is 38.6 Å². The van der Waals surface area contributed by atoms with Crippen LogP contribution in [0.15, 0.2) is 66.7 Å². The number of amides is 1. The lowest BCUT2D eigenvalue weighted by Gasteiger charge is -2.17. The molecule has 2 aromatic carbocycles. The van der Waals surface area contributed by atoms with Gasteiger partial charge in [0.15, 0.2) is 11.6 Å². The molecule has 0 atom stereocenters. The van der Waals surface area contributed by atoms with Gasteiger partial charge in [-0.3, -0.25) is 4.79 Å². The topological polar surface area (TPSA) is 58.1 Å². The number of nitrogens with zero attached hydrogens (tertiary/aromatic N) is 3. The lowest BCUT2D eigenvalue weighted by atomic mass is 10.2. The van der Waals surface area contributed by atoms with E-state index in [4.69, 9.17) is 0 Å². The number of para-hydroxylation sites is 1. The van der Waals surface area contributed by atoms with E-state index in [-0.39, 0.29) is 5.91 Å². The van der Waals surface area contributed by atoms with Gasteiger partial charge in [0.05, 0.1) is 0 Å². The predicted octanol–water partition coefficient (Wildman–Crippen LogP) is 3.42. The molecule has 0 radical (unpaired) electrons. The highest BCUT2D eigenvalue weighted by molar-refractivity contribution is 6.03. The molecule has 4 rings (SSSR count). The Morgan fingerprint density at radius 2 is 1.71 bits per heavy atom. The molecule has 3 aromatic rings. The Labute approximate surface area is 140 Å². The molecule has 0 spiro atoms. The lowest BCUT2D eigenvalue weighted by Crippen LogP contribution is -2.17. The second-order valence-corrected chi connectivity index (χ2v) is 5.63. The zero-order valence-electron chi connectivity index (χ0n) is 13.0. The fraction of sp³-hybridized carbons (Fsp3) is 0.105. The van der Waals surface area contributed by atoms with Gasteiger partial charge < -0.3 is 10.2 Å². The van der Waals surface area contributed by atoms with Gasteiger partial charge >= 0.3 is 0 Å². The summed E-state index contributed by atoms with van der Waals surface area (Å²) >= 11 is 0. The summed E-state index contributed by atoms with van der Waals surface area (Å²) in [6.07, 6.45) is 1.00. The maximum atomic E-state index is 12.1. The van der Waals surface area contributed by atoms with Crippen LogP contribution in [0.5, 0.6) is 0 Å². The Morgan fingerprint density at radius 3 is 2.50 bits per heavy atom. The van der Waals surface area contributed by atoms with E-state index in [1.54, 1.807) is 18.2 Å². The van der Waals surface area contributed by atoms with Crippen LogP contribution in [0.3, 0.4) is 0 Å². The van der Waals surface area contributed by atoms with E-state index >= 15 is 0 Å². The smallest absolute Gasteiger partial charge is 0.256 e. The third-order valence-electron chi connectivity index (χ3n) is 4.09. The van der Waals surface area contributed by atoms with Gasteiger partial charge in [-0.05, 0) is 42.3 Å². The molecule has 1 aromatic heterocycles. The van der Waals surface area contributed by atoms with E-state index in [1.807, 2.05) is 30.3 Å². The van der Waals surface area contributed by atoms with Crippen LogP contribution in [0.4, 0.5) is 17.3 Å². The molecule has 2 heterocycles. The van der Waals surface area contributed by atoms with Crippen LogP contribution in [0.1, 0.15) is 15.9 Å². The minimum atomic E-state index is -0.191. The maximum absolute atomic E-state index is 12.1. The molecule has 24 heavy (non-hydrogen) atoms. The SMILES string of the molecule is O=C(Nc1ccc(N2CCc3ccccc32)nn1)c1ccccc1. The number of anilines is 3. The molecule has 5 nitrogen and oxygen atoms in total. The molecule has 0 saturated heterocycles. The summed E-state index contributed by atoms with van der Waals surface area (Å²) in [5, 5.41) is 11.2. The Bertz CT molecular complexity index is 862. The number of nitrogens with one attached hydrogen (secondary N) is 1. The van der Waals surface area contributed by atoms with Crippen LogP contribution in [-0.2, 0) is 6.42 Å². The fourth-order valence-corrected chi connectivity index (χ4v) is 2.89. The van der Waals surface area contributed by atoms with Gasteiger partial charge in [-0.25, -0.2) is 0 Å². The second-order valence-electron chi connectivity index (χ2n) is 5.63. The summed E-state index contributed by atoms with van der Waals surface area (Å²) in [5.41, 5.74) is 3.09. The number of hydrogen-bond donors (Lipinski definition) is 1. The monoisotopic (exact) mass is 316 g/mol. The molecule has 1 aliphatic rings. The third-order valence-corrected chi connectivity index (χ3v) is 4.09. The number of benzene rings is 2. The fourth-order valence-electron chi connectivity index (χ4n) is 2.89. The normalized spacial score (nSPS) is 12.8. The van der Waals surface area contributed by atoms with E-state index in [0.29, 0.717) is 11.4 Å². The first-order chi connectivity index (χ1) is 11.8. The van der Waals surface area contributed by atoms with Crippen molar-refractivity contribution in [3.63, 3.8) is 0 Å². The molecule has 1 amide bonds. The maximum Gasteiger partial charge on any atom is 0.256 e. The first kappa shape index (κ1) is 14.4. The molecule has 1 N–H and O–H groups in total. The van der Waals surface area contributed by atoms with Crippen LogP contribution in [0, 0.1) is 0 Å². The van der Waals surface area contributed by atoms with Crippen molar-refractivity contribution in [2.24, 2.45) is 0 Å². The van der Waals surface area contributed by atoms with Gasteiger partial charge in [-0.1, -0.05) is 36.4 Å². The zero-order valence-corrected chi connectivity index (χ0v) is 13.0. The lowest BCUT2D eigenvalue weighted by molar-refractivity contribution is 0.102. The van der Waals surface area contributed by atoms with Gasteiger partial charge in [0.1, 0.15) is 0 Å². The van der Waals surface area contributed by atoms with Crippen LogP contribution < -0.4 is 10.2 Å². The minimum Gasteiger partial charge on any atom is -0.324 e. The molecule has 1 aliphatic heterocycles. The van der Waals surface area contributed by atoms with Gasteiger partial charge in [0.2, 0.25) is 0 Å². The standard InChI is InChI=1S/C19H16N4O/c24-19(15-7-2-1-3-8-15)20-17-10-11-18(22-21-17)23-13-12-14-6-4-5-9-16(14)23/h1-11H,12-13H2,(H,20,21,24). The van der Waals surface area contributed by atoms with Crippen molar-refractivity contribution < 1.29 is 4.79 Å². The molecule has 0 bridgehead atoms. The Kier molecular flexibility index (Phi) is 3.67. The molecular formula is C19H16N4O.